The van der Waals surface area contributed by atoms with Gasteiger partial charge in [0.15, 0.2) is 5.82 Å². The van der Waals surface area contributed by atoms with Gasteiger partial charge in [-0.1, -0.05) is 24.3 Å². The second kappa shape index (κ2) is 7.60. The summed E-state index contributed by atoms with van der Waals surface area (Å²) >= 11 is 0. The zero-order chi connectivity index (χ0) is 20.5. The quantitative estimate of drug-likeness (QED) is 0.539. The van der Waals surface area contributed by atoms with Crippen molar-refractivity contribution in [2.24, 2.45) is 0 Å². The smallest absolute Gasteiger partial charge is 0.248 e. The highest BCUT2D eigenvalue weighted by atomic mass is 19.1. The number of benzene rings is 2. The van der Waals surface area contributed by atoms with E-state index in [4.69, 9.17) is 10.5 Å². The van der Waals surface area contributed by atoms with Crippen LogP contribution in [-0.2, 0) is 4.74 Å². The highest BCUT2D eigenvalue weighted by molar-refractivity contribution is 5.88. The van der Waals surface area contributed by atoms with Crippen LogP contribution < -0.4 is 16.0 Å². The van der Waals surface area contributed by atoms with Crippen molar-refractivity contribution in [3.8, 4) is 5.82 Å². The molecule has 0 atom stereocenters. The summed E-state index contributed by atoms with van der Waals surface area (Å²) in [6, 6.07) is 14.7. The molecule has 3 heterocycles. The molecule has 4 aromatic rings. The van der Waals surface area contributed by atoms with Crippen LogP contribution in [0.1, 0.15) is 0 Å². The van der Waals surface area contributed by atoms with Gasteiger partial charge in [-0.15, -0.1) is 5.10 Å². The van der Waals surface area contributed by atoms with E-state index in [1.54, 1.807) is 18.3 Å². The van der Waals surface area contributed by atoms with E-state index in [0.29, 0.717) is 43.5 Å². The first-order valence-corrected chi connectivity index (χ1v) is 9.65. The molecule has 1 aliphatic heterocycles. The second-order valence-corrected chi connectivity index (χ2v) is 6.95. The standard InChI is InChI=1S/C21H20FN7O/c22-17-13-15(5-6-18(17)28-9-11-30-12-10-28)25-21-26-20(23)29(27-21)19-16-4-2-1-3-14(16)7-8-24-19/h1-8,13H,9-12H2,(H3,23,25,26,27). The van der Waals surface area contributed by atoms with Gasteiger partial charge in [0.05, 0.1) is 18.9 Å². The van der Waals surface area contributed by atoms with E-state index >= 15 is 0 Å². The van der Waals surface area contributed by atoms with Crippen LogP contribution in [0.5, 0.6) is 0 Å². The first-order chi connectivity index (χ1) is 14.7. The summed E-state index contributed by atoms with van der Waals surface area (Å²) in [6.45, 7) is 2.54. The maximum absolute atomic E-state index is 14.7. The van der Waals surface area contributed by atoms with Crippen LogP contribution in [0.2, 0.25) is 0 Å². The molecule has 9 heteroatoms. The molecule has 2 aromatic heterocycles. The molecule has 0 amide bonds. The number of ether oxygens (including phenoxy) is 1. The van der Waals surface area contributed by atoms with Gasteiger partial charge in [-0.3, -0.25) is 0 Å². The first kappa shape index (κ1) is 18.3. The second-order valence-electron chi connectivity index (χ2n) is 6.95. The van der Waals surface area contributed by atoms with Crippen LogP contribution in [-0.4, -0.2) is 46.1 Å². The molecule has 2 aromatic carbocycles. The summed E-state index contributed by atoms with van der Waals surface area (Å²) in [5.74, 6) is 0.720. The maximum Gasteiger partial charge on any atom is 0.248 e. The number of aromatic nitrogens is 4. The number of nitrogens with one attached hydrogen (secondary N) is 1. The predicted molar refractivity (Wildman–Crippen MR) is 114 cm³/mol. The molecule has 0 radical (unpaired) electrons. The number of anilines is 4. The van der Waals surface area contributed by atoms with E-state index < -0.39 is 0 Å². The van der Waals surface area contributed by atoms with Crippen LogP contribution >= 0.6 is 0 Å². The van der Waals surface area contributed by atoms with Crippen molar-refractivity contribution >= 4 is 34.0 Å². The third-order valence-corrected chi connectivity index (χ3v) is 5.04. The Morgan fingerprint density at radius 1 is 1.07 bits per heavy atom. The number of halogens is 1. The Morgan fingerprint density at radius 2 is 1.90 bits per heavy atom. The van der Waals surface area contributed by atoms with Crippen molar-refractivity contribution < 1.29 is 9.13 Å². The van der Waals surface area contributed by atoms with Gasteiger partial charge < -0.3 is 20.7 Å². The Balaban J connectivity index is 1.42. The summed E-state index contributed by atoms with van der Waals surface area (Å²) in [4.78, 5) is 10.6. The Kier molecular flexibility index (Phi) is 4.64. The van der Waals surface area contributed by atoms with E-state index in [9.17, 15) is 4.39 Å². The average molecular weight is 405 g/mol. The van der Waals surface area contributed by atoms with Gasteiger partial charge in [0.25, 0.3) is 0 Å². The third-order valence-electron chi connectivity index (χ3n) is 5.04. The minimum Gasteiger partial charge on any atom is -0.378 e. The lowest BCUT2D eigenvalue weighted by Crippen LogP contribution is -2.36. The Labute approximate surface area is 172 Å². The van der Waals surface area contributed by atoms with Gasteiger partial charge in [0.2, 0.25) is 11.9 Å². The van der Waals surface area contributed by atoms with Crippen LogP contribution in [0.25, 0.3) is 16.6 Å². The Morgan fingerprint density at radius 3 is 2.73 bits per heavy atom. The summed E-state index contributed by atoms with van der Waals surface area (Å²) in [5, 5.41) is 9.37. The summed E-state index contributed by atoms with van der Waals surface area (Å²) in [6.07, 6.45) is 1.70. The number of hydrogen-bond donors (Lipinski definition) is 2. The van der Waals surface area contributed by atoms with Gasteiger partial charge in [0.1, 0.15) is 5.82 Å². The van der Waals surface area contributed by atoms with Crippen LogP contribution in [0.3, 0.4) is 0 Å². The van der Waals surface area contributed by atoms with Crippen molar-refractivity contribution in [3.05, 3.63) is 60.5 Å². The molecule has 8 nitrogen and oxygen atoms in total. The normalized spacial score (nSPS) is 14.2. The zero-order valence-corrected chi connectivity index (χ0v) is 16.1. The number of pyridine rings is 1. The summed E-state index contributed by atoms with van der Waals surface area (Å²) in [7, 11) is 0. The van der Waals surface area contributed by atoms with Crippen LogP contribution in [0.4, 0.5) is 27.7 Å². The fourth-order valence-corrected chi connectivity index (χ4v) is 3.58. The van der Waals surface area contributed by atoms with Gasteiger partial charge in [-0.2, -0.15) is 9.67 Å². The van der Waals surface area contributed by atoms with Gasteiger partial charge in [0, 0.05) is 30.4 Å². The minimum atomic E-state index is -0.315. The van der Waals surface area contributed by atoms with Gasteiger partial charge >= 0.3 is 0 Å². The predicted octanol–water partition coefficient (Wildman–Crippen LogP) is 3.12. The maximum atomic E-state index is 14.7. The average Bonchev–Trinajstić information content (AvgIpc) is 3.13. The molecule has 0 saturated carbocycles. The minimum absolute atomic E-state index is 0.187. The van der Waals surface area contributed by atoms with E-state index in [1.807, 2.05) is 35.2 Å². The largest absolute Gasteiger partial charge is 0.378 e. The molecular weight excluding hydrogens is 385 g/mol. The number of nitrogen functional groups attached to an aromatic ring is 1. The number of fused-ring (bicyclic) bond motifs is 1. The van der Waals surface area contributed by atoms with Crippen LogP contribution in [0.15, 0.2) is 54.7 Å². The lowest BCUT2D eigenvalue weighted by molar-refractivity contribution is 0.122. The highest BCUT2D eigenvalue weighted by Crippen LogP contribution is 2.26. The van der Waals surface area contributed by atoms with E-state index in [1.165, 1.54) is 10.7 Å². The van der Waals surface area contributed by atoms with Crippen molar-refractivity contribution in [1.82, 2.24) is 19.7 Å². The monoisotopic (exact) mass is 405 g/mol. The summed E-state index contributed by atoms with van der Waals surface area (Å²) in [5.41, 5.74) is 7.18. The van der Waals surface area contributed by atoms with Crippen molar-refractivity contribution in [3.63, 3.8) is 0 Å². The number of morpholine rings is 1. The fraction of sp³-hybridized carbons (Fsp3) is 0.190. The fourth-order valence-electron chi connectivity index (χ4n) is 3.58. The number of rotatable bonds is 4. The Hall–Kier alpha value is -3.72. The Bertz CT molecular complexity index is 1200. The van der Waals surface area contributed by atoms with E-state index in [2.05, 4.69) is 20.4 Å². The molecule has 1 aliphatic rings. The zero-order valence-electron chi connectivity index (χ0n) is 16.1. The molecule has 1 saturated heterocycles. The molecule has 0 unspecified atom stereocenters. The lowest BCUT2D eigenvalue weighted by atomic mass is 10.1. The summed E-state index contributed by atoms with van der Waals surface area (Å²) < 4.78 is 21.5. The SMILES string of the molecule is Nc1nc(Nc2ccc(N3CCOCC3)c(F)c2)nn1-c1nccc2ccccc12. The van der Waals surface area contributed by atoms with Gasteiger partial charge in [-0.25, -0.2) is 9.37 Å². The van der Waals surface area contributed by atoms with Gasteiger partial charge in [-0.05, 0) is 29.7 Å². The molecule has 1 fully saturated rings. The van der Waals surface area contributed by atoms with Crippen molar-refractivity contribution in [1.29, 1.82) is 0 Å². The van der Waals surface area contributed by atoms with Crippen LogP contribution in [0, 0.1) is 5.82 Å². The molecule has 0 bridgehead atoms. The number of nitrogens with two attached hydrogens (primary N) is 1. The molecule has 0 aliphatic carbocycles. The topological polar surface area (TPSA) is 94.1 Å². The third kappa shape index (κ3) is 3.39. The molecule has 5 rings (SSSR count). The number of nitrogens with zero attached hydrogens (tertiary/aromatic N) is 5. The number of hydrogen-bond acceptors (Lipinski definition) is 7. The molecular formula is C21H20FN7O. The first-order valence-electron chi connectivity index (χ1n) is 9.65. The molecule has 30 heavy (non-hydrogen) atoms. The van der Waals surface area contributed by atoms with Crippen molar-refractivity contribution in [2.45, 2.75) is 0 Å². The molecule has 0 spiro atoms. The van der Waals surface area contributed by atoms with E-state index in [0.717, 1.165) is 10.8 Å². The lowest BCUT2D eigenvalue weighted by Gasteiger charge is -2.29. The van der Waals surface area contributed by atoms with Crippen molar-refractivity contribution in [2.75, 3.05) is 42.3 Å². The molecule has 3 N–H and O–H groups in total. The highest BCUT2D eigenvalue weighted by Gasteiger charge is 2.17. The van der Waals surface area contributed by atoms with E-state index in [-0.39, 0.29) is 17.7 Å². The molecule has 152 valence electrons.